The van der Waals surface area contributed by atoms with Crippen molar-refractivity contribution in [2.75, 3.05) is 0 Å². The number of rotatable bonds is 7. The topological polar surface area (TPSA) is 36.1 Å². The van der Waals surface area contributed by atoms with Gasteiger partial charge in [-0.2, -0.15) is 5.26 Å². The van der Waals surface area contributed by atoms with Crippen LogP contribution in [0.2, 0.25) is 0 Å². The van der Waals surface area contributed by atoms with Crippen molar-refractivity contribution in [2.24, 2.45) is 4.99 Å². The van der Waals surface area contributed by atoms with Gasteiger partial charge in [0.15, 0.2) is 0 Å². The zero-order valence-corrected chi connectivity index (χ0v) is 22.8. The Balaban J connectivity index is 0.000000574. The van der Waals surface area contributed by atoms with Gasteiger partial charge in [0.1, 0.15) is 0 Å². The van der Waals surface area contributed by atoms with Crippen LogP contribution in [0.5, 0.6) is 0 Å². The van der Waals surface area contributed by atoms with Crippen molar-refractivity contribution in [3.8, 4) is 17.2 Å². The minimum atomic E-state index is 0.303. The van der Waals surface area contributed by atoms with Gasteiger partial charge in [-0.1, -0.05) is 95.8 Å². The molecule has 0 atom stereocenters. The molecule has 2 nitrogen and oxygen atoms in total. The first-order valence-corrected chi connectivity index (χ1v) is 13.1. The molecule has 1 fully saturated rings. The zero-order valence-electron chi connectivity index (χ0n) is 22.8. The van der Waals surface area contributed by atoms with Crippen molar-refractivity contribution < 1.29 is 0 Å². The van der Waals surface area contributed by atoms with Gasteiger partial charge in [0.25, 0.3) is 0 Å². The Labute approximate surface area is 210 Å². The summed E-state index contributed by atoms with van der Waals surface area (Å²) in [5.74, 6) is 0. The molecule has 0 unspecified atom stereocenters. The molecule has 2 heteroatoms. The summed E-state index contributed by atoms with van der Waals surface area (Å²) in [5, 5.41) is 9.07. The maximum absolute atomic E-state index is 9.07. The van der Waals surface area contributed by atoms with E-state index >= 15 is 0 Å². The molecule has 0 saturated heterocycles. The lowest BCUT2D eigenvalue weighted by Crippen LogP contribution is -2.18. The van der Waals surface area contributed by atoms with Crippen molar-refractivity contribution in [1.29, 1.82) is 5.26 Å². The fourth-order valence-electron chi connectivity index (χ4n) is 4.17. The van der Waals surface area contributed by atoms with Gasteiger partial charge in [0.2, 0.25) is 0 Å². The second-order valence-electron chi connectivity index (χ2n) is 8.76. The van der Waals surface area contributed by atoms with E-state index in [2.05, 4.69) is 71.2 Å². The van der Waals surface area contributed by atoms with Gasteiger partial charge in [-0.3, -0.25) is 4.99 Å². The minimum Gasteiger partial charge on any atom is -0.288 e. The van der Waals surface area contributed by atoms with Crippen LogP contribution < -0.4 is 0 Å². The van der Waals surface area contributed by atoms with Crippen LogP contribution in [0.3, 0.4) is 0 Å². The lowest BCUT2D eigenvalue weighted by Gasteiger charge is -2.19. The van der Waals surface area contributed by atoms with Gasteiger partial charge in [-0.05, 0) is 68.7 Å². The summed E-state index contributed by atoms with van der Waals surface area (Å²) in [7, 11) is 0. The lowest BCUT2D eigenvalue weighted by atomic mass is 9.98. The van der Waals surface area contributed by atoms with Crippen LogP contribution in [0, 0.1) is 11.3 Å². The largest absolute Gasteiger partial charge is 0.288 e. The molecule has 0 spiro atoms. The van der Waals surface area contributed by atoms with E-state index in [0.29, 0.717) is 5.54 Å². The molecule has 0 aromatic heterocycles. The average molecular weight is 461 g/mol. The van der Waals surface area contributed by atoms with Gasteiger partial charge in [-0.25, -0.2) is 0 Å². The van der Waals surface area contributed by atoms with Gasteiger partial charge < -0.3 is 0 Å². The van der Waals surface area contributed by atoms with Crippen LogP contribution in [0.25, 0.3) is 11.1 Å². The summed E-state index contributed by atoms with van der Waals surface area (Å²) >= 11 is 0. The average Bonchev–Trinajstić information content (AvgIpc) is 3.32. The first-order chi connectivity index (χ1) is 16.5. The van der Waals surface area contributed by atoms with E-state index in [4.69, 9.17) is 10.3 Å². The lowest BCUT2D eigenvalue weighted by molar-refractivity contribution is 0.489. The van der Waals surface area contributed by atoms with Crippen LogP contribution in [-0.2, 0) is 6.42 Å². The van der Waals surface area contributed by atoms with E-state index in [1.165, 1.54) is 56.2 Å². The third-order valence-electron chi connectivity index (χ3n) is 5.88. The normalized spacial score (nSPS) is 13.7. The SMILES string of the molecule is C=C.CC.CCCCC(C)=NC1(C)CCCC1.CCCc1ccc(-c2ccccc2C#N)cc1. The Kier molecular flexibility index (Phi) is 17.3. The number of nitriles is 1. The molecular weight excluding hydrogens is 412 g/mol. The molecule has 1 aliphatic carbocycles. The van der Waals surface area contributed by atoms with Gasteiger partial charge >= 0.3 is 0 Å². The number of aliphatic imine (C=N–C) groups is 1. The minimum absolute atomic E-state index is 0.303. The number of unbranched alkanes of at least 4 members (excludes halogenated alkanes) is 1. The smallest absolute Gasteiger partial charge is 0.0998 e. The predicted molar refractivity (Wildman–Crippen MR) is 153 cm³/mol. The highest BCUT2D eigenvalue weighted by Crippen LogP contribution is 2.33. The first-order valence-electron chi connectivity index (χ1n) is 13.1. The first kappa shape index (κ1) is 31.3. The number of nitrogens with zero attached hydrogens (tertiary/aromatic N) is 2. The highest BCUT2D eigenvalue weighted by Gasteiger charge is 2.27. The second kappa shape index (κ2) is 18.7. The molecule has 3 rings (SSSR count). The molecule has 0 heterocycles. The van der Waals surface area contributed by atoms with E-state index in [0.717, 1.165) is 29.5 Å². The molecule has 1 aliphatic rings. The van der Waals surface area contributed by atoms with Gasteiger partial charge in [0.05, 0.1) is 17.2 Å². The van der Waals surface area contributed by atoms with Crippen molar-refractivity contribution >= 4 is 5.71 Å². The van der Waals surface area contributed by atoms with E-state index in [-0.39, 0.29) is 0 Å². The Bertz CT molecular complexity index is 849. The van der Waals surface area contributed by atoms with Crippen molar-refractivity contribution in [1.82, 2.24) is 0 Å². The van der Waals surface area contributed by atoms with Gasteiger partial charge in [0, 0.05) is 5.71 Å². The standard InChI is InChI=1S/C16H15N.C12H23N.C2H6.C2H4/c1-2-5-13-8-10-14(11-9-13)16-7-4-3-6-15(16)12-17;1-4-5-8-11(2)13-12(3)9-6-7-10-12;2*1-2/h3-4,6-11H,2,5H2,1H3;4-10H2,1-3H3;1-2H3;1-2H2. The number of hydrogen-bond acceptors (Lipinski definition) is 2. The van der Waals surface area contributed by atoms with Gasteiger partial charge in [-0.15, -0.1) is 13.2 Å². The summed E-state index contributed by atoms with van der Waals surface area (Å²) in [6.07, 6.45) is 11.4. The molecule has 34 heavy (non-hydrogen) atoms. The fourth-order valence-corrected chi connectivity index (χ4v) is 4.17. The van der Waals surface area contributed by atoms with Crippen LogP contribution in [-0.4, -0.2) is 11.3 Å². The Hall–Kier alpha value is -2.66. The van der Waals surface area contributed by atoms with E-state index < -0.39 is 0 Å². The quantitative estimate of drug-likeness (QED) is 0.299. The monoisotopic (exact) mass is 460 g/mol. The molecule has 0 amide bonds. The summed E-state index contributed by atoms with van der Waals surface area (Å²) in [4.78, 5) is 4.86. The Morgan fingerprint density at radius 2 is 1.56 bits per heavy atom. The third-order valence-corrected chi connectivity index (χ3v) is 5.88. The van der Waals surface area contributed by atoms with Crippen LogP contribution in [0.15, 0.2) is 66.7 Å². The summed E-state index contributed by atoms with van der Waals surface area (Å²) in [5.41, 5.74) is 5.88. The molecule has 186 valence electrons. The highest BCUT2D eigenvalue weighted by molar-refractivity contribution is 5.82. The number of aryl methyl sites for hydroxylation is 1. The number of hydrogen-bond donors (Lipinski definition) is 0. The molecule has 2 aromatic carbocycles. The van der Waals surface area contributed by atoms with E-state index in [1.807, 2.05) is 38.1 Å². The molecule has 0 radical (unpaired) electrons. The maximum Gasteiger partial charge on any atom is 0.0998 e. The molecular formula is C32H48N2. The van der Waals surface area contributed by atoms with Crippen molar-refractivity contribution in [2.45, 2.75) is 105 Å². The van der Waals surface area contributed by atoms with Crippen LogP contribution >= 0.6 is 0 Å². The Morgan fingerprint density at radius 3 is 2.09 bits per heavy atom. The highest BCUT2D eigenvalue weighted by atomic mass is 14.9. The molecule has 0 aliphatic heterocycles. The Morgan fingerprint density at radius 1 is 0.971 bits per heavy atom. The molecule has 0 bridgehead atoms. The van der Waals surface area contributed by atoms with Crippen molar-refractivity contribution in [3.05, 3.63) is 72.8 Å². The van der Waals surface area contributed by atoms with Crippen LogP contribution in [0.4, 0.5) is 0 Å². The second-order valence-corrected chi connectivity index (χ2v) is 8.76. The summed E-state index contributed by atoms with van der Waals surface area (Å²) in [6, 6.07) is 18.4. The zero-order chi connectivity index (χ0) is 25.8. The van der Waals surface area contributed by atoms with E-state index in [9.17, 15) is 0 Å². The maximum atomic E-state index is 9.07. The summed E-state index contributed by atoms with van der Waals surface area (Å²) in [6.45, 7) is 18.9. The fraction of sp³-hybridized carbons (Fsp3) is 0.500. The molecule has 2 aromatic rings. The van der Waals surface area contributed by atoms with Crippen LogP contribution in [0.1, 0.15) is 104 Å². The summed E-state index contributed by atoms with van der Waals surface area (Å²) < 4.78 is 0. The third kappa shape index (κ3) is 11.5. The van der Waals surface area contributed by atoms with E-state index in [1.54, 1.807) is 0 Å². The number of benzene rings is 2. The predicted octanol–water partition coefficient (Wildman–Crippen LogP) is 9.98. The van der Waals surface area contributed by atoms with Crippen molar-refractivity contribution in [3.63, 3.8) is 0 Å². The molecule has 1 saturated carbocycles. The molecule has 0 N–H and O–H groups in total.